The lowest BCUT2D eigenvalue weighted by atomic mass is 9.88. The second-order valence-corrected chi connectivity index (χ2v) is 10.8. The van der Waals surface area contributed by atoms with Gasteiger partial charge in [0.1, 0.15) is 28.8 Å². The third kappa shape index (κ3) is 3.33. The second kappa shape index (κ2) is 7.59. The molecule has 0 bridgehead atoms. The van der Waals surface area contributed by atoms with Crippen molar-refractivity contribution < 1.29 is 8.83 Å². The van der Waals surface area contributed by atoms with Crippen molar-refractivity contribution in [3.05, 3.63) is 96.8 Å². The van der Waals surface area contributed by atoms with Gasteiger partial charge in [0.05, 0.1) is 22.3 Å². The van der Waals surface area contributed by atoms with Gasteiger partial charge < -0.3 is 8.83 Å². The molecule has 0 unspecified atom stereocenters. The first-order valence-electron chi connectivity index (χ1n) is 12.3. The van der Waals surface area contributed by atoms with Gasteiger partial charge in [0, 0.05) is 22.2 Å². The summed E-state index contributed by atoms with van der Waals surface area (Å²) in [6, 6.07) is 29.3. The Morgan fingerprint density at radius 2 is 1.56 bits per heavy atom. The number of hydrogen-bond acceptors (Lipinski definition) is 3. The molecule has 0 saturated heterocycles. The number of rotatable bonds is 3. The number of aromatic nitrogens is 2. The summed E-state index contributed by atoms with van der Waals surface area (Å²) in [5, 5.41) is 3.32. The van der Waals surface area contributed by atoms with E-state index in [0.29, 0.717) is 0 Å². The number of imidazole rings is 1. The summed E-state index contributed by atoms with van der Waals surface area (Å²) in [5.74, 6) is 0.860. The first kappa shape index (κ1) is 21.0. The predicted octanol–water partition coefficient (Wildman–Crippen LogP) is 8.93. The van der Waals surface area contributed by atoms with E-state index in [4.69, 9.17) is 13.8 Å². The average molecular weight is 471 g/mol. The van der Waals surface area contributed by atoms with Gasteiger partial charge in [-0.2, -0.15) is 0 Å². The molecule has 7 aromatic rings. The summed E-state index contributed by atoms with van der Waals surface area (Å²) in [5.41, 5.74) is 8.10. The molecule has 0 radical (unpaired) electrons. The van der Waals surface area contributed by atoms with Crippen molar-refractivity contribution in [1.82, 2.24) is 9.55 Å². The molecule has 4 nitrogen and oxygen atoms in total. The number of furan rings is 2. The molecule has 0 spiro atoms. The van der Waals surface area contributed by atoms with Gasteiger partial charge in [0.2, 0.25) is 0 Å². The standard InChI is InChI=1S/C32H26N2O2/c1-32(2,3)18-20-12-15-28-24(16-20)25(19-35-28)31-33-26-9-5-6-10-27(26)34(31)21-13-14-23-22-8-4-7-11-29(22)36-30(23)17-21/h4-17,19H,18H2,1-3H3. The molecule has 36 heavy (non-hydrogen) atoms. The molecule has 3 aromatic heterocycles. The first-order valence-corrected chi connectivity index (χ1v) is 12.3. The monoisotopic (exact) mass is 470 g/mol. The van der Waals surface area contributed by atoms with Crippen LogP contribution in [0.3, 0.4) is 0 Å². The van der Waals surface area contributed by atoms with Gasteiger partial charge in [-0.15, -0.1) is 0 Å². The Morgan fingerprint density at radius 3 is 2.44 bits per heavy atom. The zero-order chi connectivity index (χ0) is 24.4. The van der Waals surface area contributed by atoms with E-state index in [1.165, 1.54) is 5.56 Å². The first-order chi connectivity index (χ1) is 17.4. The van der Waals surface area contributed by atoms with Crippen molar-refractivity contribution in [1.29, 1.82) is 0 Å². The lowest BCUT2D eigenvalue weighted by molar-refractivity contribution is 0.411. The Labute approximate surface area is 208 Å². The molecular formula is C32H26N2O2. The van der Waals surface area contributed by atoms with Crippen LogP contribution in [-0.2, 0) is 6.42 Å². The molecule has 0 aliphatic carbocycles. The highest BCUT2D eigenvalue weighted by Crippen LogP contribution is 2.37. The van der Waals surface area contributed by atoms with Crippen molar-refractivity contribution in [2.45, 2.75) is 27.2 Å². The van der Waals surface area contributed by atoms with E-state index in [1.54, 1.807) is 0 Å². The third-order valence-electron chi connectivity index (χ3n) is 6.79. The minimum absolute atomic E-state index is 0.201. The van der Waals surface area contributed by atoms with Crippen LogP contribution < -0.4 is 0 Å². The smallest absolute Gasteiger partial charge is 0.149 e. The Bertz CT molecular complexity index is 1910. The molecule has 0 aliphatic rings. The molecule has 0 amide bonds. The highest BCUT2D eigenvalue weighted by molar-refractivity contribution is 6.05. The number of para-hydroxylation sites is 3. The lowest BCUT2D eigenvalue weighted by Crippen LogP contribution is -2.08. The van der Waals surface area contributed by atoms with E-state index in [-0.39, 0.29) is 5.41 Å². The summed E-state index contributed by atoms with van der Waals surface area (Å²) in [6.07, 6.45) is 2.83. The van der Waals surface area contributed by atoms with Gasteiger partial charge >= 0.3 is 0 Å². The Hall–Kier alpha value is -4.31. The van der Waals surface area contributed by atoms with Crippen LogP contribution in [0.1, 0.15) is 26.3 Å². The van der Waals surface area contributed by atoms with Crippen LogP contribution in [0.25, 0.3) is 61.0 Å². The van der Waals surface area contributed by atoms with Gasteiger partial charge in [-0.3, -0.25) is 4.57 Å². The van der Waals surface area contributed by atoms with Crippen molar-refractivity contribution in [3.8, 4) is 17.1 Å². The number of benzene rings is 4. The van der Waals surface area contributed by atoms with Crippen LogP contribution in [0, 0.1) is 5.41 Å². The maximum atomic E-state index is 6.21. The van der Waals surface area contributed by atoms with Gasteiger partial charge in [-0.25, -0.2) is 4.98 Å². The Kier molecular flexibility index (Phi) is 4.43. The molecule has 7 rings (SSSR count). The van der Waals surface area contributed by atoms with Crippen molar-refractivity contribution in [2.24, 2.45) is 5.41 Å². The largest absolute Gasteiger partial charge is 0.464 e. The fourth-order valence-electron chi connectivity index (χ4n) is 5.29. The van der Waals surface area contributed by atoms with Crippen molar-refractivity contribution >= 4 is 43.9 Å². The third-order valence-corrected chi connectivity index (χ3v) is 6.79. The quantitative estimate of drug-likeness (QED) is 0.259. The molecule has 0 atom stereocenters. The summed E-state index contributed by atoms with van der Waals surface area (Å²) in [7, 11) is 0. The maximum Gasteiger partial charge on any atom is 0.149 e. The number of fused-ring (bicyclic) bond motifs is 5. The zero-order valence-electron chi connectivity index (χ0n) is 20.6. The number of nitrogens with zero attached hydrogens (tertiary/aromatic N) is 2. The average Bonchev–Trinajstić information content (AvgIpc) is 3.55. The van der Waals surface area contributed by atoms with Crippen LogP contribution in [-0.4, -0.2) is 9.55 Å². The molecule has 0 saturated carbocycles. The van der Waals surface area contributed by atoms with Crippen LogP contribution in [0.2, 0.25) is 0 Å². The Morgan fingerprint density at radius 1 is 0.750 bits per heavy atom. The molecule has 176 valence electrons. The fourth-order valence-corrected chi connectivity index (χ4v) is 5.29. The van der Waals surface area contributed by atoms with E-state index < -0.39 is 0 Å². The minimum Gasteiger partial charge on any atom is -0.464 e. The molecule has 0 aliphatic heterocycles. The van der Waals surface area contributed by atoms with E-state index in [9.17, 15) is 0 Å². The maximum absolute atomic E-state index is 6.21. The summed E-state index contributed by atoms with van der Waals surface area (Å²) in [6.45, 7) is 6.79. The minimum atomic E-state index is 0.201. The fraction of sp³-hybridized carbons (Fsp3) is 0.156. The van der Waals surface area contributed by atoms with Crippen LogP contribution >= 0.6 is 0 Å². The van der Waals surface area contributed by atoms with Crippen molar-refractivity contribution in [3.63, 3.8) is 0 Å². The normalized spacial score (nSPS) is 12.4. The van der Waals surface area contributed by atoms with Crippen molar-refractivity contribution in [2.75, 3.05) is 0 Å². The van der Waals surface area contributed by atoms with E-state index in [2.05, 4.69) is 86.0 Å². The van der Waals surface area contributed by atoms with Gasteiger partial charge in [0.15, 0.2) is 0 Å². The molecule has 4 aromatic carbocycles. The number of hydrogen-bond donors (Lipinski definition) is 0. The van der Waals surface area contributed by atoms with Gasteiger partial charge in [-0.05, 0) is 59.9 Å². The summed E-state index contributed by atoms with van der Waals surface area (Å²) >= 11 is 0. The zero-order valence-corrected chi connectivity index (χ0v) is 20.6. The topological polar surface area (TPSA) is 44.1 Å². The lowest BCUT2D eigenvalue weighted by Gasteiger charge is -2.18. The molecule has 3 heterocycles. The van der Waals surface area contributed by atoms with Crippen LogP contribution in [0.4, 0.5) is 0 Å². The highest BCUT2D eigenvalue weighted by Gasteiger charge is 2.20. The van der Waals surface area contributed by atoms with E-state index in [1.807, 2.05) is 30.5 Å². The second-order valence-electron chi connectivity index (χ2n) is 10.8. The van der Waals surface area contributed by atoms with Gasteiger partial charge in [0.25, 0.3) is 0 Å². The molecule has 0 fully saturated rings. The predicted molar refractivity (Wildman–Crippen MR) is 147 cm³/mol. The molecule has 0 N–H and O–H groups in total. The summed E-state index contributed by atoms with van der Waals surface area (Å²) < 4.78 is 14.4. The highest BCUT2D eigenvalue weighted by atomic mass is 16.3. The van der Waals surface area contributed by atoms with Crippen LogP contribution in [0.15, 0.2) is 100 Å². The van der Waals surface area contributed by atoms with E-state index >= 15 is 0 Å². The summed E-state index contributed by atoms with van der Waals surface area (Å²) in [4.78, 5) is 5.08. The SMILES string of the molecule is CC(C)(C)Cc1ccc2occ(-c3nc4ccccc4n3-c3ccc4c(c3)oc3ccccc34)c2c1. The molecule has 4 heteroatoms. The molecular weight excluding hydrogens is 444 g/mol. The van der Waals surface area contributed by atoms with E-state index in [0.717, 1.165) is 67.4 Å². The Balaban J connectivity index is 1.47. The van der Waals surface area contributed by atoms with Crippen LogP contribution in [0.5, 0.6) is 0 Å². The van der Waals surface area contributed by atoms with Gasteiger partial charge in [-0.1, -0.05) is 57.2 Å².